The Morgan fingerprint density at radius 2 is 2.58 bits per heavy atom. The number of carbonyl (C=O) groups is 1. The number of ether oxygens (including phenoxy) is 2. The molecule has 0 aromatic heterocycles. The number of methoxy groups -OCH3 is 1. The quantitative estimate of drug-likeness (QED) is 0.470. The second-order valence-corrected chi connectivity index (χ2v) is 2.54. The molecule has 3 nitrogen and oxygen atoms in total. The Hall–Kier alpha value is -1.25. The molecule has 0 radical (unpaired) electrons. The lowest BCUT2D eigenvalue weighted by Crippen LogP contribution is -2.12. The van der Waals surface area contributed by atoms with E-state index in [0.717, 1.165) is 12.8 Å². The van der Waals surface area contributed by atoms with Crippen LogP contribution in [0.1, 0.15) is 12.8 Å². The average molecular weight is 168 g/mol. The molecule has 1 aliphatic heterocycles. The highest BCUT2D eigenvalue weighted by molar-refractivity contribution is 5.85. The highest BCUT2D eigenvalue weighted by atomic mass is 16.6. The third kappa shape index (κ3) is 1.87. The van der Waals surface area contributed by atoms with Gasteiger partial charge in [-0.2, -0.15) is 0 Å². The van der Waals surface area contributed by atoms with Crippen molar-refractivity contribution in [2.45, 2.75) is 18.9 Å². The Morgan fingerprint density at radius 3 is 3.17 bits per heavy atom. The van der Waals surface area contributed by atoms with Crippen molar-refractivity contribution in [3.63, 3.8) is 0 Å². The van der Waals surface area contributed by atoms with E-state index >= 15 is 0 Å². The fraction of sp³-hybridized carbons (Fsp3) is 0.444. The van der Waals surface area contributed by atoms with Crippen LogP contribution in [0.25, 0.3) is 0 Å². The van der Waals surface area contributed by atoms with Crippen molar-refractivity contribution in [1.29, 1.82) is 0 Å². The van der Waals surface area contributed by atoms with Gasteiger partial charge in [0.2, 0.25) is 0 Å². The minimum absolute atomic E-state index is 0.208. The summed E-state index contributed by atoms with van der Waals surface area (Å²) in [6.45, 7) is 3.59. The minimum Gasteiger partial charge on any atom is -0.497 e. The Morgan fingerprint density at radius 1 is 1.83 bits per heavy atom. The van der Waals surface area contributed by atoms with Crippen molar-refractivity contribution in [2.24, 2.45) is 0 Å². The summed E-state index contributed by atoms with van der Waals surface area (Å²) in [5.74, 6) is 0.294. The maximum Gasteiger partial charge on any atom is 0.335 e. The molecule has 0 fully saturated rings. The molecule has 0 bridgehead atoms. The molecule has 66 valence electrons. The topological polar surface area (TPSA) is 35.5 Å². The van der Waals surface area contributed by atoms with Crippen LogP contribution in [0.4, 0.5) is 0 Å². The molecule has 1 aliphatic rings. The SMILES string of the molecule is C=CCCC1OC(=O)C=C1OC. The van der Waals surface area contributed by atoms with Crippen molar-refractivity contribution in [3.05, 3.63) is 24.5 Å². The standard InChI is InChI=1S/C9H12O3/c1-3-4-5-7-8(11-2)6-9(10)12-7/h3,6-7H,1,4-5H2,2H3. The smallest absolute Gasteiger partial charge is 0.335 e. The zero-order valence-electron chi connectivity index (χ0n) is 7.08. The summed E-state index contributed by atoms with van der Waals surface area (Å²) in [6.07, 6.45) is 4.53. The second-order valence-electron chi connectivity index (χ2n) is 2.54. The van der Waals surface area contributed by atoms with E-state index in [2.05, 4.69) is 6.58 Å². The first-order chi connectivity index (χ1) is 5.77. The zero-order valence-corrected chi connectivity index (χ0v) is 7.08. The summed E-state index contributed by atoms with van der Waals surface area (Å²) >= 11 is 0. The van der Waals surface area contributed by atoms with Crippen molar-refractivity contribution < 1.29 is 14.3 Å². The monoisotopic (exact) mass is 168 g/mol. The molecule has 0 aromatic carbocycles. The van der Waals surface area contributed by atoms with Gasteiger partial charge in [0.15, 0.2) is 6.10 Å². The molecule has 0 saturated heterocycles. The van der Waals surface area contributed by atoms with Crippen LogP contribution in [-0.2, 0) is 14.3 Å². The van der Waals surface area contributed by atoms with Crippen LogP contribution < -0.4 is 0 Å². The van der Waals surface area contributed by atoms with Crippen molar-refractivity contribution in [3.8, 4) is 0 Å². The van der Waals surface area contributed by atoms with E-state index in [1.807, 2.05) is 0 Å². The van der Waals surface area contributed by atoms with Crippen molar-refractivity contribution >= 4 is 5.97 Å². The van der Waals surface area contributed by atoms with Crippen LogP contribution in [0.3, 0.4) is 0 Å². The lowest BCUT2D eigenvalue weighted by atomic mass is 10.2. The molecular weight excluding hydrogens is 156 g/mol. The molecule has 0 saturated carbocycles. The van der Waals surface area contributed by atoms with Gasteiger partial charge in [-0.3, -0.25) is 0 Å². The Bertz CT molecular complexity index is 218. The van der Waals surface area contributed by atoms with E-state index in [1.54, 1.807) is 6.08 Å². The molecule has 0 amide bonds. The molecule has 0 spiro atoms. The zero-order chi connectivity index (χ0) is 8.97. The number of allylic oxidation sites excluding steroid dienone is 1. The van der Waals surface area contributed by atoms with Gasteiger partial charge in [0, 0.05) is 0 Å². The first-order valence-electron chi connectivity index (χ1n) is 3.85. The molecule has 1 rings (SSSR count). The van der Waals surface area contributed by atoms with Gasteiger partial charge in [0.1, 0.15) is 5.76 Å². The number of cyclic esters (lactones) is 1. The first kappa shape index (κ1) is 8.84. The summed E-state index contributed by atoms with van der Waals surface area (Å²) < 4.78 is 9.93. The van der Waals surface area contributed by atoms with Gasteiger partial charge in [-0.1, -0.05) is 6.08 Å². The summed E-state index contributed by atoms with van der Waals surface area (Å²) in [5, 5.41) is 0. The Balaban J connectivity index is 2.50. The fourth-order valence-electron chi connectivity index (χ4n) is 1.10. The Labute approximate surface area is 71.7 Å². The van der Waals surface area contributed by atoms with Crippen molar-refractivity contribution in [1.82, 2.24) is 0 Å². The Kier molecular flexibility index (Phi) is 2.91. The number of rotatable bonds is 4. The van der Waals surface area contributed by atoms with Gasteiger partial charge >= 0.3 is 5.97 Å². The molecule has 1 unspecified atom stereocenters. The molecule has 3 heteroatoms. The molecule has 1 heterocycles. The maximum absolute atomic E-state index is 10.8. The first-order valence-corrected chi connectivity index (χ1v) is 3.85. The highest BCUT2D eigenvalue weighted by Crippen LogP contribution is 2.20. The number of hydrogen-bond acceptors (Lipinski definition) is 3. The summed E-state index contributed by atoms with van der Waals surface area (Å²) in [7, 11) is 1.54. The van der Waals surface area contributed by atoms with E-state index in [4.69, 9.17) is 9.47 Å². The van der Waals surface area contributed by atoms with Crippen LogP contribution in [0.2, 0.25) is 0 Å². The number of esters is 1. The average Bonchev–Trinajstić information content (AvgIpc) is 2.42. The molecule has 0 aromatic rings. The predicted molar refractivity (Wildman–Crippen MR) is 44.4 cm³/mol. The van der Waals surface area contributed by atoms with Gasteiger partial charge in [-0.15, -0.1) is 6.58 Å². The van der Waals surface area contributed by atoms with Gasteiger partial charge in [0.05, 0.1) is 13.2 Å². The van der Waals surface area contributed by atoms with Crippen molar-refractivity contribution in [2.75, 3.05) is 7.11 Å². The fourth-order valence-corrected chi connectivity index (χ4v) is 1.10. The van der Waals surface area contributed by atoms with E-state index in [-0.39, 0.29) is 12.1 Å². The summed E-state index contributed by atoms with van der Waals surface area (Å²) in [4.78, 5) is 10.8. The highest BCUT2D eigenvalue weighted by Gasteiger charge is 2.25. The molecule has 0 N–H and O–H groups in total. The molecule has 12 heavy (non-hydrogen) atoms. The van der Waals surface area contributed by atoms with E-state index in [9.17, 15) is 4.79 Å². The normalized spacial score (nSPS) is 21.6. The van der Waals surface area contributed by atoms with E-state index in [1.165, 1.54) is 13.2 Å². The largest absolute Gasteiger partial charge is 0.497 e. The molecular formula is C9H12O3. The van der Waals surface area contributed by atoms with Gasteiger partial charge < -0.3 is 9.47 Å². The second kappa shape index (κ2) is 3.95. The van der Waals surface area contributed by atoms with E-state index < -0.39 is 0 Å². The summed E-state index contributed by atoms with van der Waals surface area (Å²) in [5.41, 5.74) is 0. The third-order valence-electron chi connectivity index (χ3n) is 1.70. The van der Waals surface area contributed by atoms with Crippen LogP contribution in [0.5, 0.6) is 0 Å². The maximum atomic E-state index is 10.8. The van der Waals surface area contributed by atoms with Crippen LogP contribution >= 0.6 is 0 Å². The number of hydrogen-bond donors (Lipinski definition) is 0. The van der Waals surface area contributed by atoms with Crippen LogP contribution in [0, 0.1) is 0 Å². The number of carbonyl (C=O) groups excluding carboxylic acids is 1. The summed E-state index contributed by atoms with van der Waals surface area (Å²) in [6, 6.07) is 0. The van der Waals surface area contributed by atoms with Gasteiger partial charge in [0.25, 0.3) is 0 Å². The predicted octanol–water partition coefficient (Wildman–Crippen LogP) is 1.41. The van der Waals surface area contributed by atoms with Crippen LogP contribution in [-0.4, -0.2) is 19.2 Å². The lowest BCUT2D eigenvalue weighted by molar-refractivity contribution is -0.139. The lowest BCUT2D eigenvalue weighted by Gasteiger charge is -2.11. The van der Waals surface area contributed by atoms with Gasteiger partial charge in [-0.05, 0) is 12.8 Å². The molecule has 0 aliphatic carbocycles. The molecule has 1 atom stereocenters. The minimum atomic E-state index is -0.319. The van der Waals surface area contributed by atoms with Crippen LogP contribution in [0.15, 0.2) is 24.5 Å². The van der Waals surface area contributed by atoms with E-state index in [0.29, 0.717) is 5.76 Å². The third-order valence-corrected chi connectivity index (χ3v) is 1.70. The van der Waals surface area contributed by atoms with Gasteiger partial charge in [-0.25, -0.2) is 4.79 Å².